The highest BCUT2D eigenvalue weighted by molar-refractivity contribution is 5.96. The van der Waals surface area contributed by atoms with Crippen molar-refractivity contribution in [2.75, 3.05) is 30.4 Å². The van der Waals surface area contributed by atoms with Crippen molar-refractivity contribution in [3.8, 4) is 0 Å². The summed E-state index contributed by atoms with van der Waals surface area (Å²) in [4.78, 5) is 16.2. The molecule has 1 aromatic carbocycles. The first-order chi connectivity index (χ1) is 11.5. The lowest BCUT2D eigenvalue weighted by atomic mass is 10.2. The monoisotopic (exact) mass is 327 g/mol. The van der Waals surface area contributed by atoms with Gasteiger partial charge in [-0.3, -0.25) is 9.48 Å². The maximum absolute atomic E-state index is 12.3. The number of nitrogens with zero attached hydrogens (tertiary/aromatic N) is 4. The van der Waals surface area contributed by atoms with Crippen molar-refractivity contribution in [2.45, 2.75) is 25.9 Å². The number of para-hydroxylation sites is 1. The molecular formula is C18H25N5O. The number of anilines is 2. The van der Waals surface area contributed by atoms with Crippen LogP contribution in [0.3, 0.4) is 0 Å². The molecule has 0 saturated carbocycles. The molecule has 1 atom stereocenters. The van der Waals surface area contributed by atoms with E-state index in [2.05, 4.69) is 15.3 Å². The Balaban J connectivity index is 1.68. The quantitative estimate of drug-likeness (QED) is 0.908. The fourth-order valence-electron chi connectivity index (χ4n) is 3.40. The minimum atomic E-state index is 0.160. The van der Waals surface area contributed by atoms with E-state index in [4.69, 9.17) is 0 Å². The number of carbonyl (C=O) groups is 1. The van der Waals surface area contributed by atoms with Crippen LogP contribution in [0.1, 0.15) is 17.7 Å². The molecule has 6 heteroatoms. The Morgan fingerprint density at radius 3 is 2.67 bits per heavy atom. The predicted octanol–water partition coefficient (Wildman–Crippen LogP) is 1.69. The number of carbonyl (C=O) groups excluding carboxylic acids is 1. The van der Waals surface area contributed by atoms with Gasteiger partial charge in [-0.05, 0) is 19.1 Å². The van der Waals surface area contributed by atoms with Gasteiger partial charge >= 0.3 is 0 Å². The molecule has 1 saturated heterocycles. The third-order valence-corrected chi connectivity index (χ3v) is 4.50. The lowest BCUT2D eigenvalue weighted by molar-refractivity contribution is -0.117. The van der Waals surface area contributed by atoms with Gasteiger partial charge in [0.1, 0.15) is 5.82 Å². The normalized spacial score (nSPS) is 17.6. The summed E-state index contributed by atoms with van der Waals surface area (Å²) in [6.45, 7) is 3.45. The first-order valence-corrected chi connectivity index (χ1v) is 8.26. The van der Waals surface area contributed by atoms with E-state index in [1.54, 1.807) is 0 Å². The maximum Gasteiger partial charge on any atom is 0.228 e. The minimum absolute atomic E-state index is 0.160. The molecule has 0 aliphatic carbocycles. The van der Waals surface area contributed by atoms with Crippen molar-refractivity contribution in [3.05, 3.63) is 41.6 Å². The molecule has 1 aromatic heterocycles. The average molecular weight is 327 g/mol. The van der Waals surface area contributed by atoms with E-state index in [0.29, 0.717) is 19.5 Å². The summed E-state index contributed by atoms with van der Waals surface area (Å²) >= 11 is 0. The molecule has 0 bridgehead atoms. The van der Waals surface area contributed by atoms with Crippen molar-refractivity contribution < 1.29 is 4.79 Å². The molecule has 0 unspecified atom stereocenters. The standard InChI is InChI=1S/C18H25N5O/c1-13-16(18(21(2)3)22(4)20-13)11-19-14-10-17(24)23(12-14)15-8-6-5-7-9-15/h5-9,14,19H,10-12H2,1-4H3/t14-/m0/s1. The Morgan fingerprint density at radius 2 is 2.00 bits per heavy atom. The van der Waals surface area contributed by atoms with Crippen LogP contribution in [-0.4, -0.2) is 42.4 Å². The van der Waals surface area contributed by atoms with Gasteiger partial charge < -0.3 is 15.1 Å². The van der Waals surface area contributed by atoms with Gasteiger partial charge in [0, 0.05) is 57.9 Å². The zero-order valence-corrected chi connectivity index (χ0v) is 14.8. The SMILES string of the molecule is Cc1nn(C)c(N(C)C)c1CN[C@H]1CC(=O)N(c2ccccc2)C1. The molecular weight excluding hydrogens is 302 g/mol. The zero-order valence-electron chi connectivity index (χ0n) is 14.8. The van der Waals surface area contributed by atoms with Gasteiger partial charge in [-0.2, -0.15) is 5.10 Å². The number of hydrogen-bond donors (Lipinski definition) is 1. The average Bonchev–Trinajstić information content (AvgIpc) is 3.05. The second-order valence-electron chi connectivity index (χ2n) is 6.53. The van der Waals surface area contributed by atoms with E-state index in [0.717, 1.165) is 17.2 Å². The minimum Gasteiger partial charge on any atom is -0.363 e. The topological polar surface area (TPSA) is 53.4 Å². The predicted molar refractivity (Wildman–Crippen MR) is 96.3 cm³/mol. The molecule has 6 nitrogen and oxygen atoms in total. The molecule has 1 amide bonds. The molecule has 2 aromatic rings. The van der Waals surface area contributed by atoms with Crippen molar-refractivity contribution >= 4 is 17.4 Å². The zero-order chi connectivity index (χ0) is 17.3. The maximum atomic E-state index is 12.3. The van der Waals surface area contributed by atoms with Crippen LogP contribution in [-0.2, 0) is 18.4 Å². The number of nitrogens with one attached hydrogen (secondary N) is 1. The molecule has 1 N–H and O–H groups in total. The van der Waals surface area contributed by atoms with E-state index in [9.17, 15) is 4.79 Å². The van der Waals surface area contributed by atoms with Crippen LogP contribution >= 0.6 is 0 Å². The fourth-order valence-corrected chi connectivity index (χ4v) is 3.40. The summed E-state index contributed by atoms with van der Waals surface area (Å²) in [7, 11) is 6.01. The second-order valence-corrected chi connectivity index (χ2v) is 6.53. The smallest absolute Gasteiger partial charge is 0.228 e. The van der Waals surface area contributed by atoms with Crippen molar-refractivity contribution in [1.29, 1.82) is 0 Å². The lowest BCUT2D eigenvalue weighted by Gasteiger charge is -2.18. The van der Waals surface area contributed by atoms with Crippen molar-refractivity contribution in [1.82, 2.24) is 15.1 Å². The summed E-state index contributed by atoms with van der Waals surface area (Å²) in [6.07, 6.45) is 0.533. The highest BCUT2D eigenvalue weighted by Crippen LogP contribution is 2.24. The van der Waals surface area contributed by atoms with Gasteiger partial charge in [0.05, 0.1) is 5.69 Å². The van der Waals surface area contributed by atoms with Gasteiger partial charge in [-0.25, -0.2) is 0 Å². The number of hydrogen-bond acceptors (Lipinski definition) is 4. The third-order valence-electron chi connectivity index (χ3n) is 4.50. The molecule has 2 heterocycles. The molecule has 128 valence electrons. The highest BCUT2D eigenvalue weighted by atomic mass is 16.2. The van der Waals surface area contributed by atoms with Crippen LogP contribution in [0, 0.1) is 6.92 Å². The van der Waals surface area contributed by atoms with Gasteiger partial charge in [-0.15, -0.1) is 0 Å². The molecule has 1 aliphatic rings. The van der Waals surface area contributed by atoms with E-state index in [1.165, 1.54) is 5.56 Å². The molecule has 1 fully saturated rings. The van der Waals surface area contributed by atoms with Crippen molar-refractivity contribution in [3.63, 3.8) is 0 Å². The van der Waals surface area contributed by atoms with Crippen LogP contribution in [0.4, 0.5) is 11.5 Å². The first-order valence-electron chi connectivity index (χ1n) is 8.26. The summed E-state index contributed by atoms with van der Waals surface area (Å²) in [6, 6.07) is 10.0. The number of rotatable bonds is 5. The van der Waals surface area contributed by atoms with Crippen LogP contribution in [0.15, 0.2) is 30.3 Å². The Morgan fingerprint density at radius 1 is 1.29 bits per heavy atom. The number of amides is 1. The van der Waals surface area contributed by atoms with Gasteiger partial charge in [0.2, 0.25) is 5.91 Å². The van der Waals surface area contributed by atoms with Crippen molar-refractivity contribution in [2.24, 2.45) is 7.05 Å². The molecule has 24 heavy (non-hydrogen) atoms. The third kappa shape index (κ3) is 3.14. The molecule has 0 spiro atoms. The first kappa shape index (κ1) is 16.5. The summed E-state index contributed by atoms with van der Waals surface area (Å²) in [5, 5.41) is 8.05. The Bertz CT molecular complexity index is 723. The van der Waals surface area contributed by atoms with Crippen LogP contribution in [0.5, 0.6) is 0 Å². The van der Waals surface area contributed by atoms with E-state index in [1.807, 2.05) is 68.0 Å². The molecule has 1 aliphatic heterocycles. The Labute approximate surface area is 143 Å². The summed E-state index contributed by atoms with van der Waals surface area (Å²) in [5.41, 5.74) is 3.18. The highest BCUT2D eigenvalue weighted by Gasteiger charge is 2.30. The van der Waals surface area contributed by atoms with Gasteiger partial charge in [0.15, 0.2) is 0 Å². The molecule has 0 radical (unpaired) electrons. The Hall–Kier alpha value is -2.34. The number of aryl methyl sites for hydroxylation is 2. The number of aromatic nitrogens is 2. The number of benzene rings is 1. The van der Waals surface area contributed by atoms with E-state index in [-0.39, 0.29) is 11.9 Å². The summed E-state index contributed by atoms with van der Waals surface area (Å²) < 4.78 is 1.91. The van der Waals surface area contributed by atoms with E-state index < -0.39 is 0 Å². The second kappa shape index (κ2) is 6.65. The van der Waals surface area contributed by atoms with Crippen LogP contribution in [0.2, 0.25) is 0 Å². The Kier molecular flexibility index (Phi) is 4.57. The summed E-state index contributed by atoms with van der Waals surface area (Å²) in [5.74, 6) is 1.28. The fraction of sp³-hybridized carbons (Fsp3) is 0.444. The largest absolute Gasteiger partial charge is 0.363 e. The molecule has 3 rings (SSSR count). The van der Waals surface area contributed by atoms with Gasteiger partial charge in [0.25, 0.3) is 0 Å². The van der Waals surface area contributed by atoms with Crippen LogP contribution in [0.25, 0.3) is 0 Å². The van der Waals surface area contributed by atoms with E-state index >= 15 is 0 Å². The lowest BCUT2D eigenvalue weighted by Crippen LogP contribution is -2.33. The van der Waals surface area contributed by atoms with Gasteiger partial charge in [-0.1, -0.05) is 18.2 Å². The van der Waals surface area contributed by atoms with Crippen LogP contribution < -0.4 is 15.1 Å².